The van der Waals surface area contributed by atoms with Gasteiger partial charge in [-0.25, -0.2) is 14.6 Å². The Morgan fingerprint density at radius 2 is 1.52 bits per heavy atom. The fourth-order valence-corrected chi connectivity index (χ4v) is 12.2. The Morgan fingerprint density at radius 3 is 2.17 bits per heavy atom. The smallest absolute Gasteiger partial charge is 0.355 e. The number of cyclic esters (lactones) is 1. The van der Waals surface area contributed by atoms with Gasteiger partial charge in [0, 0.05) is 35.9 Å². The molecule has 0 spiro atoms. The summed E-state index contributed by atoms with van der Waals surface area (Å²) in [5.74, 6) is -5.94. The average molecular weight is 1250 g/mol. The van der Waals surface area contributed by atoms with Gasteiger partial charge in [-0.3, -0.25) is 28.8 Å². The number of rotatable bonds is 24. The highest BCUT2D eigenvalue weighted by atomic mass is 32.1. The fourth-order valence-electron chi connectivity index (χ4n) is 11.8. The summed E-state index contributed by atoms with van der Waals surface area (Å²) < 4.78 is 30.2. The number of nitrogens with one attached hydrogen (secondary N) is 6. The number of hydrogen-bond acceptors (Lipinski definition) is 17. The summed E-state index contributed by atoms with van der Waals surface area (Å²) in [6, 6.07) is 12.4. The first kappa shape index (κ1) is 67.4. The lowest BCUT2D eigenvalue weighted by atomic mass is 9.85. The minimum absolute atomic E-state index is 0.0527. The van der Waals surface area contributed by atoms with Gasteiger partial charge in [-0.05, 0) is 117 Å². The second kappa shape index (κ2) is 28.9. The van der Waals surface area contributed by atoms with Crippen molar-refractivity contribution in [2.45, 2.75) is 187 Å². The summed E-state index contributed by atoms with van der Waals surface area (Å²) in [5, 5.41) is 39.2. The zero-order valence-corrected chi connectivity index (χ0v) is 53.2. The van der Waals surface area contributed by atoms with Gasteiger partial charge in [-0.2, -0.15) is 0 Å². The molecular formula is C64H85N9O15S. The Labute approximate surface area is 523 Å². The Bertz CT molecular complexity index is 3360. The molecule has 2 fully saturated rings. The van der Waals surface area contributed by atoms with Gasteiger partial charge in [0.2, 0.25) is 41.4 Å². The van der Waals surface area contributed by atoms with Crippen LogP contribution >= 0.6 is 12.2 Å². The standard InChI is InChI=1S/C64H85N9O15S/c1-12-35(9)50(58(80)70-49(34(7)8)60(82)88-64(13-2)42-28-47-51-38(27-37-17-14-15-18-43(37)68-51)30-73(47)59(81)41(42)31-85-62(64)83)71-56(78)45(26-33(5)6)67-48(74)29-65-55(77)44(25-32(3)4)69-57(79)46-19-16-24-72(46)63(89)66-39-20-22-40(23-21-39)87-61-53(76)54(84-11)52(75)36(10)86-61/h14-15,17-18,20-23,27-28,32-36,44-46,49-50,52-54,61,75-76H,12-13,16,19,24-26,29-31H2,1-11H3,(H,65,77)(H,66,89)(H,67,74)(H,69,79)(H,70,80)(H,71,78)/t35?,36-,44-,45-,46-,49-,50-,52+,53-,54+,61+,64-/m0/s1. The predicted octanol–water partition coefficient (Wildman–Crippen LogP) is 4.20. The van der Waals surface area contributed by atoms with Crippen molar-refractivity contribution < 1.29 is 67.5 Å². The van der Waals surface area contributed by atoms with E-state index >= 15 is 0 Å². The molecule has 2 aromatic heterocycles. The number of nitrogens with zero attached hydrogens (tertiary/aromatic N) is 3. The minimum atomic E-state index is -2.06. The molecule has 4 aliphatic rings. The number of ether oxygens (including phenoxy) is 5. The van der Waals surface area contributed by atoms with E-state index in [4.69, 9.17) is 40.9 Å². The lowest BCUT2D eigenvalue weighted by Gasteiger charge is -2.40. The van der Waals surface area contributed by atoms with Crippen molar-refractivity contribution in [2.24, 2.45) is 23.7 Å². The highest BCUT2D eigenvalue weighted by molar-refractivity contribution is 7.80. The number of esters is 2. The van der Waals surface area contributed by atoms with Crippen molar-refractivity contribution in [3.63, 3.8) is 0 Å². The van der Waals surface area contributed by atoms with Crippen LogP contribution in [0.25, 0.3) is 22.3 Å². The number of aliphatic hydroxyl groups excluding tert-OH is 2. The first-order valence-electron chi connectivity index (χ1n) is 30.7. The minimum Gasteiger partial charge on any atom is -0.462 e. The van der Waals surface area contributed by atoms with Crippen LogP contribution in [-0.2, 0) is 71.3 Å². The number of aromatic nitrogens is 2. The van der Waals surface area contributed by atoms with Crippen molar-refractivity contribution in [3.8, 4) is 17.1 Å². The maximum absolute atomic E-state index is 14.5. The number of aliphatic hydroxyl groups is 2. The van der Waals surface area contributed by atoms with E-state index in [-0.39, 0.29) is 60.5 Å². The molecule has 8 N–H and O–H groups in total. The number of methoxy groups -OCH3 is 1. The Kier molecular flexibility index (Phi) is 21.9. The molecule has 25 heteroatoms. The normalized spacial score (nSPS) is 22.8. The number of amides is 5. The highest BCUT2D eigenvalue weighted by Crippen LogP contribution is 2.41. The molecule has 0 radical (unpaired) electrons. The number of anilines is 1. The van der Waals surface area contributed by atoms with E-state index in [1.165, 1.54) is 7.11 Å². The summed E-state index contributed by atoms with van der Waals surface area (Å²) in [4.78, 5) is 120. The van der Waals surface area contributed by atoms with E-state index in [0.29, 0.717) is 54.1 Å². The van der Waals surface area contributed by atoms with E-state index in [9.17, 15) is 48.6 Å². The second-order valence-corrected chi connectivity index (χ2v) is 25.1. The monoisotopic (exact) mass is 1250 g/mol. The molecule has 6 heterocycles. The van der Waals surface area contributed by atoms with Gasteiger partial charge in [0.25, 0.3) is 5.56 Å². The number of para-hydroxylation sites is 1. The van der Waals surface area contributed by atoms with Crippen molar-refractivity contribution in [2.75, 3.05) is 25.5 Å². The third-order valence-corrected chi connectivity index (χ3v) is 17.4. The van der Waals surface area contributed by atoms with Crippen molar-refractivity contribution in [1.29, 1.82) is 0 Å². The number of likely N-dealkylation sites (tertiary alicyclic amines) is 1. The zero-order chi connectivity index (χ0) is 64.8. The van der Waals surface area contributed by atoms with Gasteiger partial charge in [-0.1, -0.05) is 86.9 Å². The van der Waals surface area contributed by atoms with E-state index in [1.807, 2.05) is 65.0 Å². The molecule has 4 aromatic rings. The van der Waals surface area contributed by atoms with Gasteiger partial charge >= 0.3 is 11.9 Å². The van der Waals surface area contributed by atoms with E-state index in [1.54, 1.807) is 74.4 Å². The Morgan fingerprint density at radius 1 is 0.843 bits per heavy atom. The van der Waals surface area contributed by atoms with Crippen LogP contribution in [0.3, 0.4) is 0 Å². The van der Waals surface area contributed by atoms with E-state index < -0.39 is 132 Å². The molecule has 2 aromatic carbocycles. The van der Waals surface area contributed by atoms with Crippen LogP contribution in [0.4, 0.5) is 5.69 Å². The number of benzene rings is 2. The number of carbonyl (C=O) groups excluding carboxylic acids is 7. The fraction of sp³-hybridized carbons (Fsp3) is 0.562. The SMILES string of the molecule is CCC(C)[C@H](NC(=O)[C@H](CC(C)C)NC(=O)CNC(=O)[C@H](CC(C)C)NC(=O)[C@@H]1CCCN1C(=S)Nc1ccc(O[C@H]2O[C@@H](C)[C@@H](O)[C@@H](OC)[C@@H]2O)cc1)C(=O)N[C@H](C(=O)O[C@]1(CC)C(=O)OCc2c1cc1n(c2=O)Cc2cc3ccccc3nc2-1)C(C)C. The number of pyridine rings is 2. The summed E-state index contributed by atoms with van der Waals surface area (Å²) in [6.07, 6.45) is -3.18. The van der Waals surface area contributed by atoms with E-state index in [0.717, 1.165) is 10.9 Å². The Hall–Kier alpha value is -7.58. The molecule has 89 heavy (non-hydrogen) atoms. The van der Waals surface area contributed by atoms with Crippen molar-refractivity contribution >= 4 is 75.4 Å². The topological polar surface area (TPSA) is 316 Å². The third kappa shape index (κ3) is 15.0. The number of carbonyl (C=O) groups is 7. The molecular weight excluding hydrogens is 1170 g/mol. The molecule has 1 unspecified atom stereocenters. The third-order valence-electron chi connectivity index (χ3n) is 17.0. The maximum Gasteiger partial charge on any atom is 0.355 e. The van der Waals surface area contributed by atoms with Crippen LogP contribution in [-0.4, -0.2) is 152 Å². The second-order valence-electron chi connectivity index (χ2n) is 24.8. The lowest BCUT2D eigenvalue weighted by molar-refractivity contribution is -0.272. The van der Waals surface area contributed by atoms with Gasteiger partial charge in [0.1, 0.15) is 60.9 Å². The van der Waals surface area contributed by atoms with E-state index in [2.05, 4.69) is 31.9 Å². The van der Waals surface area contributed by atoms with Gasteiger partial charge < -0.3 is 75.3 Å². The largest absolute Gasteiger partial charge is 0.462 e. The molecule has 5 amide bonds. The molecule has 0 bridgehead atoms. The zero-order valence-electron chi connectivity index (χ0n) is 52.4. The van der Waals surface area contributed by atoms with Crippen LogP contribution in [0.1, 0.15) is 124 Å². The highest BCUT2D eigenvalue weighted by Gasteiger charge is 2.52. The summed E-state index contributed by atoms with van der Waals surface area (Å²) >= 11 is 5.77. The number of thiocarbonyl (C=S) groups is 1. The van der Waals surface area contributed by atoms with Crippen LogP contribution in [0.2, 0.25) is 0 Å². The summed E-state index contributed by atoms with van der Waals surface area (Å²) in [5.41, 5.74) is 0.986. The van der Waals surface area contributed by atoms with Gasteiger partial charge in [-0.15, -0.1) is 0 Å². The quantitative estimate of drug-likeness (QED) is 0.0317. The van der Waals surface area contributed by atoms with Gasteiger partial charge in [0.05, 0.1) is 41.7 Å². The molecule has 24 nitrogen and oxygen atoms in total. The predicted molar refractivity (Wildman–Crippen MR) is 332 cm³/mol. The first-order chi connectivity index (χ1) is 42.3. The molecule has 0 saturated carbocycles. The molecule has 482 valence electrons. The first-order valence-corrected chi connectivity index (χ1v) is 31.1. The molecule has 12 atom stereocenters. The van der Waals surface area contributed by atoms with Crippen LogP contribution in [0, 0.1) is 23.7 Å². The van der Waals surface area contributed by atoms with Crippen LogP contribution < -0.4 is 42.2 Å². The van der Waals surface area contributed by atoms with Crippen molar-refractivity contribution in [3.05, 3.63) is 87.7 Å². The van der Waals surface area contributed by atoms with Crippen LogP contribution in [0.15, 0.2) is 65.5 Å². The average Bonchev–Trinajstić information content (AvgIpc) is 1.71. The number of hydrogen-bond donors (Lipinski definition) is 8. The molecule has 2 saturated heterocycles. The summed E-state index contributed by atoms with van der Waals surface area (Å²) in [6.45, 7) is 17.5. The maximum atomic E-state index is 14.5. The molecule has 4 aliphatic heterocycles. The van der Waals surface area contributed by atoms with Crippen molar-refractivity contribution in [1.82, 2.24) is 41.0 Å². The van der Waals surface area contributed by atoms with Crippen LogP contribution in [0.5, 0.6) is 5.75 Å². The molecule has 8 rings (SSSR count). The lowest BCUT2D eigenvalue weighted by Crippen LogP contribution is -2.60. The number of fused-ring (bicyclic) bond motifs is 5. The summed E-state index contributed by atoms with van der Waals surface area (Å²) in [7, 11) is 1.38. The molecule has 0 aliphatic carbocycles. The Balaban J connectivity index is 0.878. The van der Waals surface area contributed by atoms with Gasteiger partial charge in [0.15, 0.2) is 5.11 Å².